The van der Waals surface area contributed by atoms with Crippen molar-refractivity contribution in [1.29, 1.82) is 0 Å². The molecule has 0 saturated heterocycles. The van der Waals surface area contributed by atoms with Crippen molar-refractivity contribution in [2.75, 3.05) is 4.72 Å². The fraction of sp³-hybridized carbons (Fsp3) is 0.200. The lowest BCUT2D eigenvalue weighted by Crippen LogP contribution is -2.17. The van der Waals surface area contributed by atoms with E-state index in [0.29, 0.717) is 5.69 Å². The minimum absolute atomic E-state index is 0.0203. The number of aromatic nitrogens is 3. The highest BCUT2D eigenvalue weighted by molar-refractivity contribution is 9.10. The molecule has 6 nitrogen and oxygen atoms in total. The molecular weight excluding hydrogens is 400 g/mol. The van der Waals surface area contributed by atoms with Gasteiger partial charge in [-0.05, 0) is 46.6 Å². The van der Waals surface area contributed by atoms with Gasteiger partial charge in [-0.1, -0.05) is 21.1 Å². The molecule has 1 heterocycles. The smallest absolute Gasteiger partial charge is 0.278 e. The molecule has 2 rings (SSSR count). The molecule has 0 bridgehead atoms. The van der Waals surface area contributed by atoms with Gasteiger partial charge in [0, 0.05) is 17.2 Å². The molecule has 0 saturated carbocycles. The maximum atomic E-state index is 12.2. The predicted octanol–water partition coefficient (Wildman–Crippen LogP) is 2.45. The average Bonchev–Trinajstić information content (AvgIpc) is 2.64. The van der Waals surface area contributed by atoms with Crippen LogP contribution in [0.3, 0.4) is 0 Å². The van der Waals surface area contributed by atoms with Crippen molar-refractivity contribution >= 4 is 47.6 Å². The second kappa shape index (κ2) is 5.22. The van der Waals surface area contributed by atoms with Crippen molar-refractivity contribution in [1.82, 2.24) is 15.0 Å². The second-order valence-electron chi connectivity index (χ2n) is 3.88. The summed E-state index contributed by atoms with van der Waals surface area (Å²) in [6.45, 7) is 1.88. The molecule has 9 heteroatoms. The van der Waals surface area contributed by atoms with Crippen molar-refractivity contribution in [3.63, 3.8) is 0 Å². The quantitative estimate of drug-likeness (QED) is 0.844. The molecule has 0 radical (unpaired) electrons. The van der Waals surface area contributed by atoms with Crippen molar-refractivity contribution in [2.24, 2.45) is 7.05 Å². The minimum atomic E-state index is -3.74. The van der Waals surface area contributed by atoms with E-state index in [2.05, 4.69) is 46.9 Å². The molecule has 0 fully saturated rings. The van der Waals surface area contributed by atoms with Crippen LogP contribution in [-0.2, 0) is 17.1 Å². The van der Waals surface area contributed by atoms with Crippen LogP contribution >= 0.6 is 31.9 Å². The van der Waals surface area contributed by atoms with E-state index < -0.39 is 10.0 Å². The lowest BCUT2D eigenvalue weighted by Gasteiger charge is -2.09. The molecule has 0 unspecified atom stereocenters. The fourth-order valence-corrected chi connectivity index (χ4v) is 3.91. The highest BCUT2D eigenvalue weighted by Gasteiger charge is 2.24. The van der Waals surface area contributed by atoms with Gasteiger partial charge in [0.1, 0.15) is 0 Å². The minimum Gasteiger partial charge on any atom is -0.278 e. The van der Waals surface area contributed by atoms with Crippen LogP contribution in [0.2, 0.25) is 0 Å². The Kier molecular flexibility index (Phi) is 3.98. The highest BCUT2D eigenvalue weighted by atomic mass is 79.9. The molecule has 0 amide bonds. The zero-order valence-electron chi connectivity index (χ0n) is 10.1. The molecule has 1 N–H and O–H groups in total. The van der Waals surface area contributed by atoms with E-state index in [1.54, 1.807) is 18.2 Å². The second-order valence-corrected chi connectivity index (χ2v) is 7.08. The number of rotatable bonds is 3. The van der Waals surface area contributed by atoms with Crippen LogP contribution in [-0.4, -0.2) is 23.4 Å². The highest BCUT2D eigenvalue weighted by Crippen LogP contribution is 2.24. The molecule has 2 aromatic rings. The lowest BCUT2D eigenvalue weighted by atomic mass is 10.2. The van der Waals surface area contributed by atoms with E-state index in [-0.39, 0.29) is 9.63 Å². The number of anilines is 1. The Bertz CT molecular complexity index is 708. The van der Waals surface area contributed by atoms with E-state index in [0.717, 1.165) is 10.0 Å². The Labute approximate surface area is 127 Å². The van der Waals surface area contributed by atoms with Crippen molar-refractivity contribution in [2.45, 2.75) is 11.9 Å². The SMILES string of the molecule is Cc1cc(NS(=O)(=O)c2c(Br)nnn2C)ccc1Br. The summed E-state index contributed by atoms with van der Waals surface area (Å²) < 4.78 is 29.3. The number of halogens is 2. The van der Waals surface area contributed by atoms with Crippen LogP contribution in [0.4, 0.5) is 5.69 Å². The zero-order valence-corrected chi connectivity index (χ0v) is 14.0. The molecule has 0 aliphatic carbocycles. The van der Waals surface area contributed by atoms with E-state index in [1.165, 1.54) is 11.7 Å². The van der Waals surface area contributed by atoms with Crippen LogP contribution in [0.5, 0.6) is 0 Å². The monoisotopic (exact) mass is 408 g/mol. The van der Waals surface area contributed by atoms with Gasteiger partial charge in [0.2, 0.25) is 5.03 Å². The van der Waals surface area contributed by atoms with Gasteiger partial charge in [-0.15, -0.1) is 5.10 Å². The van der Waals surface area contributed by atoms with Crippen LogP contribution in [0.25, 0.3) is 0 Å². The van der Waals surface area contributed by atoms with E-state index in [1.807, 2.05) is 6.92 Å². The molecule has 0 aliphatic rings. The molecular formula is C10H10Br2N4O2S. The standard InChI is InChI=1S/C10H10Br2N4O2S/c1-6-5-7(3-4-8(6)11)14-19(17,18)10-9(12)13-15-16(10)2/h3-5,14H,1-2H3. The maximum Gasteiger partial charge on any atom is 0.281 e. The van der Waals surface area contributed by atoms with Crippen LogP contribution in [0, 0.1) is 6.92 Å². The Morgan fingerprint density at radius 2 is 2.00 bits per heavy atom. The third-order valence-corrected chi connectivity index (χ3v) is 5.56. The summed E-state index contributed by atoms with van der Waals surface area (Å²) in [7, 11) is -2.22. The van der Waals surface area contributed by atoms with Gasteiger partial charge in [0.25, 0.3) is 10.0 Å². The summed E-state index contributed by atoms with van der Waals surface area (Å²) in [5.74, 6) is 0. The number of hydrogen-bond acceptors (Lipinski definition) is 4. The topological polar surface area (TPSA) is 76.9 Å². The Balaban J connectivity index is 2.39. The molecule has 1 aromatic carbocycles. The van der Waals surface area contributed by atoms with Gasteiger partial charge in [0.05, 0.1) is 0 Å². The molecule has 1 aromatic heterocycles. The van der Waals surface area contributed by atoms with Crippen LogP contribution in [0.15, 0.2) is 32.3 Å². The number of hydrogen-bond donors (Lipinski definition) is 1. The number of benzene rings is 1. The molecule has 0 aliphatic heterocycles. The summed E-state index contributed by atoms with van der Waals surface area (Å²) in [4.78, 5) is 0. The Hall–Kier alpha value is -0.930. The van der Waals surface area contributed by atoms with Crippen LogP contribution < -0.4 is 4.72 Å². The first-order valence-corrected chi connectivity index (χ1v) is 8.22. The largest absolute Gasteiger partial charge is 0.281 e. The number of aryl methyl sites for hydroxylation is 2. The van der Waals surface area contributed by atoms with E-state index in [9.17, 15) is 8.42 Å². The van der Waals surface area contributed by atoms with Crippen molar-refractivity contribution in [3.05, 3.63) is 32.8 Å². The third-order valence-electron chi connectivity index (χ3n) is 2.40. The summed E-state index contributed by atoms with van der Waals surface area (Å²) in [5, 5.41) is 7.29. The number of nitrogens with one attached hydrogen (secondary N) is 1. The normalized spacial score (nSPS) is 11.6. The summed E-state index contributed by atoms with van der Waals surface area (Å²) >= 11 is 6.43. The van der Waals surface area contributed by atoms with Gasteiger partial charge in [-0.3, -0.25) is 4.72 Å². The third kappa shape index (κ3) is 2.98. The summed E-state index contributed by atoms with van der Waals surface area (Å²) in [6, 6.07) is 5.19. The van der Waals surface area contributed by atoms with Crippen LogP contribution in [0.1, 0.15) is 5.56 Å². The van der Waals surface area contributed by atoms with E-state index >= 15 is 0 Å². The maximum absolute atomic E-state index is 12.2. The van der Waals surface area contributed by atoms with Gasteiger partial charge in [-0.2, -0.15) is 8.42 Å². The molecule has 19 heavy (non-hydrogen) atoms. The first-order chi connectivity index (χ1) is 8.81. The lowest BCUT2D eigenvalue weighted by molar-refractivity contribution is 0.578. The number of nitrogens with zero attached hydrogens (tertiary/aromatic N) is 3. The molecule has 0 spiro atoms. The van der Waals surface area contributed by atoms with Crippen molar-refractivity contribution < 1.29 is 8.42 Å². The van der Waals surface area contributed by atoms with Gasteiger partial charge in [-0.25, -0.2) is 4.68 Å². The molecule has 0 atom stereocenters. The summed E-state index contributed by atoms with van der Waals surface area (Å²) in [5.41, 5.74) is 1.41. The van der Waals surface area contributed by atoms with Gasteiger partial charge >= 0.3 is 0 Å². The van der Waals surface area contributed by atoms with Gasteiger partial charge < -0.3 is 0 Å². The average molecular weight is 410 g/mol. The van der Waals surface area contributed by atoms with Gasteiger partial charge in [0.15, 0.2) is 4.60 Å². The predicted molar refractivity (Wildman–Crippen MR) is 78.4 cm³/mol. The zero-order chi connectivity index (χ0) is 14.2. The number of sulfonamides is 1. The van der Waals surface area contributed by atoms with E-state index in [4.69, 9.17) is 0 Å². The molecule has 102 valence electrons. The Morgan fingerprint density at radius 3 is 2.53 bits per heavy atom. The van der Waals surface area contributed by atoms with Crippen molar-refractivity contribution in [3.8, 4) is 0 Å². The first-order valence-electron chi connectivity index (χ1n) is 5.15. The Morgan fingerprint density at radius 1 is 1.32 bits per heavy atom. The first kappa shape index (κ1) is 14.5. The fourth-order valence-electron chi connectivity index (χ4n) is 1.52. The summed E-state index contributed by atoms with van der Waals surface area (Å²) in [6.07, 6.45) is 0.